The molecule has 2 heterocycles. The molecule has 0 saturated carbocycles. The number of hydrogen-bond acceptors (Lipinski definition) is 4. The number of likely N-dealkylation sites (tertiary alicyclic amines) is 1. The van der Waals surface area contributed by atoms with Gasteiger partial charge in [0.25, 0.3) is 0 Å². The molecule has 6 heteroatoms. The molecule has 1 aromatic carbocycles. The summed E-state index contributed by atoms with van der Waals surface area (Å²) in [4.78, 5) is 18.6. The van der Waals surface area contributed by atoms with Gasteiger partial charge in [0, 0.05) is 25.7 Å². The van der Waals surface area contributed by atoms with Crippen molar-refractivity contribution in [3.63, 3.8) is 0 Å². The molecule has 6 nitrogen and oxygen atoms in total. The van der Waals surface area contributed by atoms with Gasteiger partial charge in [-0.05, 0) is 18.4 Å². The Bertz CT molecular complexity index is 671. The van der Waals surface area contributed by atoms with Crippen LogP contribution in [0.1, 0.15) is 23.9 Å². The number of nitrogens with zero attached hydrogens (tertiary/aromatic N) is 2. The van der Waals surface area contributed by atoms with Gasteiger partial charge in [-0.15, -0.1) is 0 Å². The van der Waals surface area contributed by atoms with Crippen LogP contribution in [0, 0.1) is 12.8 Å². The normalized spacial score (nSPS) is 20.9. The third kappa shape index (κ3) is 4.14. The molecule has 0 spiro atoms. The van der Waals surface area contributed by atoms with Crippen LogP contribution in [0.3, 0.4) is 0 Å². The topological polar surface area (TPSA) is 70.4 Å². The Labute approximate surface area is 142 Å². The highest BCUT2D eigenvalue weighted by atomic mass is 16.3. The summed E-state index contributed by atoms with van der Waals surface area (Å²) in [6.45, 7) is 7.17. The van der Waals surface area contributed by atoms with Crippen molar-refractivity contribution in [1.29, 1.82) is 0 Å². The third-order valence-corrected chi connectivity index (χ3v) is 4.51. The monoisotopic (exact) mass is 328 g/mol. The molecule has 1 fully saturated rings. The number of urea groups is 1. The molecular weight excluding hydrogens is 304 g/mol. The van der Waals surface area contributed by atoms with E-state index in [9.17, 15) is 4.79 Å². The zero-order chi connectivity index (χ0) is 16.9. The zero-order valence-corrected chi connectivity index (χ0v) is 14.2. The maximum Gasteiger partial charge on any atom is 0.315 e. The fraction of sp³-hybridized carbons (Fsp3) is 0.444. The van der Waals surface area contributed by atoms with E-state index in [2.05, 4.69) is 51.7 Å². The van der Waals surface area contributed by atoms with Crippen LogP contribution in [-0.2, 0) is 13.1 Å². The van der Waals surface area contributed by atoms with E-state index in [-0.39, 0.29) is 12.1 Å². The average Bonchev–Trinajstić information content (AvgIpc) is 3.12. The van der Waals surface area contributed by atoms with E-state index < -0.39 is 0 Å². The first-order valence-electron chi connectivity index (χ1n) is 8.31. The van der Waals surface area contributed by atoms with Gasteiger partial charge in [0.2, 0.25) is 0 Å². The molecule has 1 aliphatic rings. The van der Waals surface area contributed by atoms with Crippen molar-refractivity contribution < 1.29 is 9.21 Å². The molecule has 0 radical (unpaired) electrons. The van der Waals surface area contributed by atoms with Gasteiger partial charge < -0.3 is 15.1 Å². The Morgan fingerprint density at radius 3 is 2.83 bits per heavy atom. The molecule has 2 aromatic rings. The van der Waals surface area contributed by atoms with Gasteiger partial charge in [0.1, 0.15) is 11.5 Å². The van der Waals surface area contributed by atoms with E-state index in [4.69, 9.17) is 4.42 Å². The molecule has 2 atom stereocenters. The van der Waals surface area contributed by atoms with E-state index in [1.165, 1.54) is 12.0 Å². The van der Waals surface area contributed by atoms with E-state index in [1.807, 2.05) is 13.0 Å². The van der Waals surface area contributed by atoms with Crippen LogP contribution in [0.2, 0.25) is 0 Å². The predicted octanol–water partition coefficient (Wildman–Crippen LogP) is 2.30. The molecule has 1 aliphatic heterocycles. The summed E-state index contributed by atoms with van der Waals surface area (Å²) in [7, 11) is 0. The molecule has 2 N–H and O–H groups in total. The predicted molar refractivity (Wildman–Crippen MR) is 91.3 cm³/mol. The minimum atomic E-state index is -0.157. The van der Waals surface area contributed by atoms with Gasteiger partial charge in [-0.3, -0.25) is 4.90 Å². The molecule has 2 amide bonds. The van der Waals surface area contributed by atoms with Gasteiger partial charge >= 0.3 is 6.03 Å². The van der Waals surface area contributed by atoms with Crippen LogP contribution in [0.15, 0.2) is 41.1 Å². The molecule has 0 unspecified atom stereocenters. The third-order valence-electron chi connectivity index (χ3n) is 4.51. The minimum absolute atomic E-state index is 0.157. The summed E-state index contributed by atoms with van der Waals surface area (Å²) in [6, 6.07) is 10.4. The summed E-state index contributed by atoms with van der Waals surface area (Å²) in [6.07, 6.45) is 1.39. The Hall–Kier alpha value is -2.34. The highest BCUT2D eigenvalue weighted by Crippen LogP contribution is 2.18. The second-order valence-electron chi connectivity index (χ2n) is 6.45. The van der Waals surface area contributed by atoms with E-state index >= 15 is 0 Å². The number of hydrogen-bond donors (Lipinski definition) is 2. The number of carbonyl (C=O) groups excluding carboxylic acids is 1. The van der Waals surface area contributed by atoms with Crippen molar-refractivity contribution in [2.45, 2.75) is 33.0 Å². The van der Waals surface area contributed by atoms with E-state index in [0.29, 0.717) is 12.5 Å². The van der Waals surface area contributed by atoms with Gasteiger partial charge in [-0.2, -0.15) is 0 Å². The lowest BCUT2D eigenvalue weighted by molar-refractivity contribution is 0.234. The van der Waals surface area contributed by atoms with Crippen LogP contribution in [-0.4, -0.2) is 35.0 Å². The van der Waals surface area contributed by atoms with E-state index in [0.717, 1.165) is 31.1 Å². The summed E-state index contributed by atoms with van der Waals surface area (Å²) in [5.41, 5.74) is 2.06. The first-order chi connectivity index (χ1) is 11.6. The Morgan fingerprint density at radius 2 is 2.12 bits per heavy atom. The number of aromatic nitrogens is 1. The van der Waals surface area contributed by atoms with Crippen molar-refractivity contribution >= 4 is 6.03 Å². The Kier molecular flexibility index (Phi) is 5.15. The number of carbonyl (C=O) groups is 1. The SMILES string of the molecule is Cc1ocnc1CNC(=O)N[C@H]1CN(Cc2ccccc2)C[C@@H]1C. The molecule has 24 heavy (non-hydrogen) atoms. The molecule has 1 saturated heterocycles. The number of nitrogens with one attached hydrogen (secondary N) is 2. The fourth-order valence-corrected chi connectivity index (χ4v) is 3.11. The van der Waals surface area contributed by atoms with Gasteiger partial charge in [0.15, 0.2) is 6.39 Å². The molecule has 1 aromatic heterocycles. The number of oxazole rings is 1. The second-order valence-corrected chi connectivity index (χ2v) is 6.45. The smallest absolute Gasteiger partial charge is 0.315 e. The standard InChI is InChI=1S/C18H24N4O2/c1-13-9-22(10-15-6-4-3-5-7-15)11-17(13)21-18(23)19-8-16-14(2)24-12-20-16/h3-7,12-13,17H,8-11H2,1-2H3,(H2,19,21,23)/t13-,17-/m0/s1. The summed E-state index contributed by atoms with van der Waals surface area (Å²) >= 11 is 0. The van der Waals surface area contributed by atoms with Gasteiger partial charge in [-0.1, -0.05) is 37.3 Å². The Morgan fingerprint density at radius 1 is 1.33 bits per heavy atom. The molecular formula is C18H24N4O2. The van der Waals surface area contributed by atoms with Crippen LogP contribution in [0.5, 0.6) is 0 Å². The molecule has 0 bridgehead atoms. The Balaban J connectivity index is 1.46. The van der Waals surface area contributed by atoms with Crippen LogP contribution in [0.4, 0.5) is 4.79 Å². The maximum absolute atomic E-state index is 12.1. The van der Waals surface area contributed by atoms with Crippen molar-refractivity contribution in [2.24, 2.45) is 5.92 Å². The zero-order valence-electron chi connectivity index (χ0n) is 14.2. The first-order valence-corrected chi connectivity index (χ1v) is 8.31. The summed E-state index contributed by atoms with van der Waals surface area (Å²) in [5.74, 6) is 1.16. The maximum atomic E-state index is 12.1. The van der Waals surface area contributed by atoms with Gasteiger partial charge in [0.05, 0.1) is 6.54 Å². The van der Waals surface area contributed by atoms with E-state index in [1.54, 1.807) is 0 Å². The summed E-state index contributed by atoms with van der Waals surface area (Å²) in [5, 5.41) is 5.92. The molecule has 128 valence electrons. The first kappa shape index (κ1) is 16.5. The van der Waals surface area contributed by atoms with Crippen LogP contribution >= 0.6 is 0 Å². The number of aryl methyl sites for hydroxylation is 1. The largest absolute Gasteiger partial charge is 0.448 e. The molecule has 0 aliphatic carbocycles. The molecule has 3 rings (SSSR count). The lowest BCUT2D eigenvalue weighted by Crippen LogP contribution is -2.45. The van der Waals surface area contributed by atoms with Crippen LogP contribution in [0.25, 0.3) is 0 Å². The van der Waals surface area contributed by atoms with Gasteiger partial charge in [-0.25, -0.2) is 9.78 Å². The minimum Gasteiger partial charge on any atom is -0.448 e. The summed E-state index contributed by atoms with van der Waals surface area (Å²) < 4.78 is 5.13. The van der Waals surface area contributed by atoms with Crippen molar-refractivity contribution in [3.8, 4) is 0 Å². The van der Waals surface area contributed by atoms with Crippen molar-refractivity contribution in [3.05, 3.63) is 53.7 Å². The number of amides is 2. The highest BCUT2D eigenvalue weighted by molar-refractivity contribution is 5.74. The van der Waals surface area contributed by atoms with Crippen LogP contribution < -0.4 is 10.6 Å². The highest BCUT2D eigenvalue weighted by Gasteiger charge is 2.30. The lowest BCUT2D eigenvalue weighted by atomic mass is 10.1. The second kappa shape index (κ2) is 7.49. The lowest BCUT2D eigenvalue weighted by Gasteiger charge is -2.17. The number of rotatable bonds is 5. The average molecular weight is 328 g/mol. The van der Waals surface area contributed by atoms with Crippen molar-refractivity contribution in [1.82, 2.24) is 20.5 Å². The quantitative estimate of drug-likeness (QED) is 0.883. The fourth-order valence-electron chi connectivity index (χ4n) is 3.11. The number of benzene rings is 1. The van der Waals surface area contributed by atoms with Crippen molar-refractivity contribution in [2.75, 3.05) is 13.1 Å².